The highest BCUT2D eigenvalue weighted by Gasteiger charge is 2.12. The van der Waals surface area contributed by atoms with Gasteiger partial charge < -0.3 is 10.6 Å². The quantitative estimate of drug-likeness (QED) is 0.243. The van der Waals surface area contributed by atoms with E-state index in [1.54, 1.807) is 11.3 Å². The largest absolute Gasteiger partial charge is 0.357 e. The zero-order valence-electron chi connectivity index (χ0n) is 16.8. The molecule has 0 radical (unpaired) electrons. The summed E-state index contributed by atoms with van der Waals surface area (Å²) in [7, 11) is 0. The average Bonchev–Trinajstić information content (AvgIpc) is 2.82. The van der Waals surface area contributed by atoms with Gasteiger partial charge in [-0.25, -0.2) is 9.98 Å². The van der Waals surface area contributed by atoms with E-state index in [0.717, 1.165) is 42.7 Å². The molecule has 0 atom stereocenters. The van der Waals surface area contributed by atoms with Gasteiger partial charge in [0.1, 0.15) is 5.01 Å². The lowest BCUT2D eigenvalue weighted by Gasteiger charge is -2.30. The molecule has 0 amide bonds. The number of hydrogen-bond acceptors (Lipinski definition) is 4. The molecule has 0 saturated heterocycles. The first-order valence-corrected chi connectivity index (χ1v) is 9.87. The number of guanidine groups is 1. The molecule has 0 aromatic carbocycles. The van der Waals surface area contributed by atoms with Crippen molar-refractivity contribution in [2.24, 2.45) is 4.99 Å². The second-order valence-electron chi connectivity index (χ2n) is 6.65. The van der Waals surface area contributed by atoms with Crippen LogP contribution in [0.1, 0.15) is 56.6 Å². The first-order valence-electron chi connectivity index (χ1n) is 9.06. The van der Waals surface area contributed by atoms with Gasteiger partial charge in [-0.05, 0) is 54.9 Å². The van der Waals surface area contributed by atoms with E-state index in [9.17, 15) is 0 Å². The maximum atomic E-state index is 4.65. The van der Waals surface area contributed by atoms with Crippen LogP contribution < -0.4 is 10.6 Å². The average molecular weight is 481 g/mol. The third-order valence-corrected chi connectivity index (χ3v) is 5.06. The molecule has 7 heteroatoms. The van der Waals surface area contributed by atoms with Crippen molar-refractivity contribution in [2.45, 2.75) is 73.5 Å². The van der Waals surface area contributed by atoms with Gasteiger partial charge >= 0.3 is 0 Å². The molecule has 1 heterocycles. The van der Waals surface area contributed by atoms with E-state index >= 15 is 0 Å². The maximum absolute atomic E-state index is 4.65. The molecule has 0 aliphatic rings. The van der Waals surface area contributed by atoms with Crippen molar-refractivity contribution < 1.29 is 0 Å². The zero-order valence-corrected chi connectivity index (χ0v) is 20.0. The van der Waals surface area contributed by atoms with Crippen molar-refractivity contribution in [1.29, 1.82) is 0 Å². The molecule has 0 unspecified atom stereocenters. The fourth-order valence-electron chi connectivity index (χ4n) is 2.68. The lowest BCUT2D eigenvalue weighted by atomic mass is 10.2. The highest BCUT2D eigenvalue weighted by Crippen LogP contribution is 2.16. The standard InChI is InChI=1S/C18H35N5S.HI/c1-8-19-18(21-12-17-22-15(6)16(7)24-17)20-10-9-11-23(13(2)3)14(4)5;/h13-14H,8-12H2,1-7H3,(H2,19,20,21);1H. The Kier molecular flexibility index (Phi) is 12.7. The molecule has 5 nitrogen and oxygen atoms in total. The Bertz CT molecular complexity index is 486. The normalized spacial score (nSPS) is 12.0. The summed E-state index contributed by atoms with van der Waals surface area (Å²) < 4.78 is 0. The van der Waals surface area contributed by atoms with E-state index in [0.29, 0.717) is 18.6 Å². The van der Waals surface area contributed by atoms with Crippen LogP contribution in [0.5, 0.6) is 0 Å². The SMILES string of the molecule is CCNC(=NCc1nc(C)c(C)s1)NCCCN(C(C)C)C(C)C.I. The lowest BCUT2D eigenvalue weighted by molar-refractivity contribution is 0.173. The van der Waals surface area contributed by atoms with E-state index in [2.05, 4.69) is 74.0 Å². The lowest BCUT2D eigenvalue weighted by Crippen LogP contribution is -2.41. The molecule has 0 fully saturated rings. The number of aryl methyl sites for hydroxylation is 2. The summed E-state index contributed by atoms with van der Waals surface area (Å²) in [6.07, 6.45) is 1.11. The Morgan fingerprint density at radius 1 is 1.16 bits per heavy atom. The molecule has 0 spiro atoms. The molecule has 0 bridgehead atoms. The van der Waals surface area contributed by atoms with Gasteiger partial charge in [0.05, 0.1) is 12.2 Å². The van der Waals surface area contributed by atoms with Crippen molar-refractivity contribution in [3.8, 4) is 0 Å². The molecule has 1 rings (SSSR count). The third-order valence-electron chi connectivity index (χ3n) is 4.00. The molecule has 0 aliphatic heterocycles. The van der Waals surface area contributed by atoms with Crippen molar-refractivity contribution in [3.05, 3.63) is 15.6 Å². The molecule has 146 valence electrons. The van der Waals surface area contributed by atoms with Gasteiger partial charge in [0.25, 0.3) is 0 Å². The fraction of sp³-hybridized carbons (Fsp3) is 0.778. The van der Waals surface area contributed by atoms with Crippen LogP contribution >= 0.6 is 35.3 Å². The minimum Gasteiger partial charge on any atom is -0.357 e. The van der Waals surface area contributed by atoms with Gasteiger partial charge in [-0.1, -0.05) is 0 Å². The Morgan fingerprint density at radius 2 is 1.80 bits per heavy atom. The number of nitrogens with one attached hydrogen (secondary N) is 2. The minimum absolute atomic E-state index is 0. The summed E-state index contributed by atoms with van der Waals surface area (Å²) >= 11 is 1.73. The first kappa shape index (κ1) is 24.6. The van der Waals surface area contributed by atoms with Crippen LogP contribution in [0.15, 0.2) is 4.99 Å². The third kappa shape index (κ3) is 9.19. The molecule has 1 aromatic rings. The van der Waals surface area contributed by atoms with Gasteiger partial charge in [-0.2, -0.15) is 0 Å². The maximum Gasteiger partial charge on any atom is 0.191 e. The summed E-state index contributed by atoms with van der Waals surface area (Å²) in [5, 5.41) is 7.82. The molecule has 25 heavy (non-hydrogen) atoms. The summed E-state index contributed by atoms with van der Waals surface area (Å²) in [5.41, 5.74) is 1.12. The molecule has 2 N–H and O–H groups in total. The number of nitrogens with zero attached hydrogens (tertiary/aromatic N) is 3. The summed E-state index contributed by atoms with van der Waals surface area (Å²) in [4.78, 5) is 13.0. The van der Waals surface area contributed by atoms with Crippen molar-refractivity contribution in [1.82, 2.24) is 20.5 Å². The number of hydrogen-bond donors (Lipinski definition) is 2. The molecular formula is C18H36IN5S. The van der Waals surface area contributed by atoms with Crippen LogP contribution in [0.4, 0.5) is 0 Å². The number of thiazole rings is 1. The van der Waals surface area contributed by atoms with Gasteiger partial charge in [0, 0.05) is 36.6 Å². The number of aliphatic imine (C=N–C) groups is 1. The van der Waals surface area contributed by atoms with Crippen LogP contribution in [0, 0.1) is 13.8 Å². The van der Waals surface area contributed by atoms with Gasteiger partial charge in [0.2, 0.25) is 0 Å². The monoisotopic (exact) mass is 481 g/mol. The predicted molar refractivity (Wildman–Crippen MR) is 121 cm³/mol. The van der Waals surface area contributed by atoms with Crippen molar-refractivity contribution in [2.75, 3.05) is 19.6 Å². The van der Waals surface area contributed by atoms with Gasteiger partial charge in [0.15, 0.2) is 5.96 Å². The van der Waals surface area contributed by atoms with E-state index in [4.69, 9.17) is 0 Å². The number of rotatable bonds is 9. The summed E-state index contributed by atoms with van der Waals surface area (Å²) in [5.74, 6) is 0.878. The highest BCUT2D eigenvalue weighted by atomic mass is 127. The highest BCUT2D eigenvalue weighted by molar-refractivity contribution is 14.0. The van der Waals surface area contributed by atoms with E-state index < -0.39 is 0 Å². The smallest absolute Gasteiger partial charge is 0.191 e. The molecule has 0 saturated carbocycles. The Balaban J connectivity index is 0.00000576. The van der Waals surface area contributed by atoms with Gasteiger partial charge in [-0.15, -0.1) is 35.3 Å². The minimum atomic E-state index is 0. The zero-order chi connectivity index (χ0) is 18.1. The Morgan fingerprint density at radius 3 is 2.28 bits per heavy atom. The van der Waals surface area contributed by atoms with Crippen molar-refractivity contribution in [3.63, 3.8) is 0 Å². The second kappa shape index (κ2) is 12.9. The van der Waals surface area contributed by atoms with Crippen LogP contribution in [0.3, 0.4) is 0 Å². The number of aromatic nitrogens is 1. The summed E-state index contributed by atoms with van der Waals surface area (Å²) in [6.45, 7) is 18.8. The Hall–Kier alpha value is -0.410. The topological polar surface area (TPSA) is 52.6 Å². The first-order chi connectivity index (χ1) is 11.3. The van der Waals surface area contributed by atoms with E-state index in [1.165, 1.54) is 4.88 Å². The van der Waals surface area contributed by atoms with Crippen LogP contribution in [0.25, 0.3) is 0 Å². The van der Waals surface area contributed by atoms with Crippen LogP contribution in [0.2, 0.25) is 0 Å². The molecule has 1 aromatic heterocycles. The fourth-order valence-corrected chi connectivity index (χ4v) is 3.53. The van der Waals surface area contributed by atoms with Crippen molar-refractivity contribution >= 4 is 41.3 Å². The van der Waals surface area contributed by atoms with Crippen LogP contribution in [-0.2, 0) is 6.54 Å². The van der Waals surface area contributed by atoms with Gasteiger partial charge in [-0.3, -0.25) is 4.90 Å². The number of halogens is 1. The predicted octanol–water partition coefficient (Wildman–Crippen LogP) is 3.94. The van der Waals surface area contributed by atoms with E-state index in [1.807, 2.05) is 0 Å². The summed E-state index contributed by atoms with van der Waals surface area (Å²) in [6, 6.07) is 1.17. The second-order valence-corrected chi connectivity index (χ2v) is 7.94. The van der Waals surface area contributed by atoms with E-state index in [-0.39, 0.29) is 24.0 Å². The van der Waals surface area contributed by atoms with Crippen LogP contribution in [-0.4, -0.2) is 47.6 Å². The molecular weight excluding hydrogens is 445 g/mol. The Labute approximate surface area is 175 Å². The molecule has 0 aliphatic carbocycles.